The van der Waals surface area contributed by atoms with E-state index in [2.05, 4.69) is 4.98 Å². The third-order valence-electron chi connectivity index (χ3n) is 4.34. The summed E-state index contributed by atoms with van der Waals surface area (Å²) < 4.78 is 25.9. The molecule has 0 saturated carbocycles. The van der Waals surface area contributed by atoms with Gasteiger partial charge in [-0.3, -0.25) is 9.36 Å². The van der Waals surface area contributed by atoms with Gasteiger partial charge >= 0.3 is 11.7 Å². The number of hydrogen-bond donors (Lipinski definition) is 1. The van der Waals surface area contributed by atoms with Crippen molar-refractivity contribution in [2.75, 3.05) is 5.73 Å². The predicted octanol–water partition coefficient (Wildman–Crippen LogP) is 1.23. The van der Waals surface area contributed by atoms with Crippen LogP contribution < -0.4 is 11.4 Å². The first-order chi connectivity index (χ1) is 10.2. The standard InChI is InChI=1S/C14H20FN3O4/c1-5-14(4)7(2)10(21-8(3)19)12(22-14)18-6-9(15)11(16)17-13(18)20/h6-7,10,12H,5H2,1-4H3,(H2,16,17,20)/t7-,10-,12+,14+/m0/s1. The minimum absolute atomic E-state index is 0.182. The lowest BCUT2D eigenvalue weighted by atomic mass is 9.86. The fourth-order valence-corrected chi connectivity index (χ4v) is 2.66. The van der Waals surface area contributed by atoms with Gasteiger partial charge in [-0.1, -0.05) is 13.8 Å². The zero-order chi connectivity index (χ0) is 16.7. The van der Waals surface area contributed by atoms with Gasteiger partial charge < -0.3 is 15.2 Å². The van der Waals surface area contributed by atoms with Crippen molar-refractivity contribution in [3.05, 3.63) is 22.5 Å². The number of nitrogen functional groups attached to an aromatic ring is 1. The lowest BCUT2D eigenvalue weighted by Crippen LogP contribution is -2.36. The van der Waals surface area contributed by atoms with Crippen molar-refractivity contribution in [1.29, 1.82) is 0 Å². The first-order valence-electron chi connectivity index (χ1n) is 7.08. The van der Waals surface area contributed by atoms with E-state index in [9.17, 15) is 14.0 Å². The van der Waals surface area contributed by atoms with Crippen LogP contribution in [0.5, 0.6) is 0 Å². The number of anilines is 1. The van der Waals surface area contributed by atoms with Crippen LogP contribution in [0.15, 0.2) is 11.0 Å². The molecule has 1 fully saturated rings. The van der Waals surface area contributed by atoms with E-state index in [0.29, 0.717) is 6.42 Å². The van der Waals surface area contributed by atoms with Crippen LogP contribution in [0, 0.1) is 11.7 Å². The molecule has 7 nitrogen and oxygen atoms in total. The number of ether oxygens (including phenoxy) is 2. The SMILES string of the molecule is CC[C@@]1(C)O[C@@H](n2cc(F)c(N)nc2=O)[C@@H](OC(C)=O)[C@@H]1C. The van der Waals surface area contributed by atoms with E-state index in [1.807, 2.05) is 20.8 Å². The van der Waals surface area contributed by atoms with Gasteiger partial charge in [0.1, 0.15) is 0 Å². The number of nitrogens with two attached hydrogens (primary N) is 1. The third kappa shape index (κ3) is 2.70. The molecule has 1 aliphatic heterocycles. The van der Waals surface area contributed by atoms with E-state index in [-0.39, 0.29) is 5.92 Å². The Morgan fingerprint density at radius 2 is 2.27 bits per heavy atom. The lowest BCUT2D eigenvalue weighted by molar-refractivity contribution is -0.154. The summed E-state index contributed by atoms with van der Waals surface area (Å²) in [6.07, 6.45) is -0.0916. The highest BCUT2D eigenvalue weighted by Crippen LogP contribution is 2.44. The first kappa shape index (κ1) is 16.4. The number of carbonyl (C=O) groups excluding carboxylic acids is 1. The lowest BCUT2D eigenvalue weighted by Gasteiger charge is -2.27. The summed E-state index contributed by atoms with van der Waals surface area (Å²) in [7, 11) is 0. The zero-order valence-corrected chi connectivity index (χ0v) is 13.0. The van der Waals surface area contributed by atoms with Crippen LogP contribution in [0.2, 0.25) is 0 Å². The molecule has 1 saturated heterocycles. The summed E-state index contributed by atoms with van der Waals surface area (Å²) in [6.45, 7) is 6.92. The van der Waals surface area contributed by atoms with Crippen molar-refractivity contribution < 1.29 is 18.7 Å². The van der Waals surface area contributed by atoms with Crippen molar-refractivity contribution in [2.45, 2.75) is 52.0 Å². The second-order valence-electron chi connectivity index (χ2n) is 5.70. The fraction of sp³-hybridized carbons (Fsp3) is 0.643. The largest absolute Gasteiger partial charge is 0.457 e. The molecule has 0 radical (unpaired) electrons. The molecule has 0 aromatic carbocycles. The molecule has 122 valence electrons. The van der Waals surface area contributed by atoms with Gasteiger partial charge in [-0.15, -0.1) is 0 Å². The van der Waals surface area contributed by atoms with Crippen LogP contribution >= 0.6 is 0 Å². The summed E-state index contributed by atoms with van der Waals surface area (Å²) in [5, 5.41) is 0. The highest BCUT2D eigenvalue weighted by molar-refractivity contribution is 5.66. The van der Waals surface area contributed by atoms with E-state index in [0.717, 1.165) is 10.8 Å². The molecule has 0 bridgehead atoms. The van der Waals surface area contributed by atoms with Crippen LogP contribution in [-0.4, -0.2) is 27.2 Å². The van der Waals surface area contributed by atoms with Gasteiger partial charge in [-0.25, -0.2) is 9.18 Å². The van der Waals surface area contributed by atoms with Crippen LogP contribution in [0.4, 0.5) is 10.2 Å². The molecule has 1 aromatic rings. The smallest absolute Gasteiger partial charge is 0.351 e. The van der Waals surface area contributed by atoms with E-state index in [1.54, 1.807) is 0 Å². The number of hydrogen-bond acceptors (Lipinski definition) is 6. The Balaban J connectivity index is 2.49. The van der Waals surface area contributed by atoms with Crippen LogP contribution in [0.3, 0.4) is 0 Å². The maximum absolute atomic E-state index is 13.7. The minimum atomic E-state index is -0.945. The molecule has 0 amide bonds. The molecule has 4 atom stereocenters. The number of nitrogens with zero attached hydrogens (tertiary/aromatic N) is 2. The van der Waals surface area contributed by atoms with Gasteiger partial charge in [0.25, 0.3) is 0 Å². The molecule has 2 rings (SSSR count). The number of aromatic nitrogens is 2. The maximum atomic E-state index is 13.7. The van der Waals surface area contributed by atoms with Gasteiger partial charge in [-0.05, 0) is 13.3 Å². The van der Waals surface area contributed by atoms with Crippen molar-refractivity contribution in [1.82, 2.24) is 9.55 Å². The topological polar surface area (TPSA) is 96.4 Å². The monoisotopic (exact) mass is 313 g/mol. The Kier molecular flexibility index (Phi) is 4.23. The molecule has 1 aromatic heterocycles. The molecule has 0 aliphatic carbocycles. The van der Waals surface area contributed by atoms with E-state index in [1.165, 1.54) is 6.92 Å². The number of rotatable bonds is 3. The van der Waals surface area contributed by atoms with Crippen molar-refractivity contribution in [2.24, 2.45) is 5.92 Å². The van der Waals surface area contributed by atoms with Gasteiger partial charge in [0.2, 0.25) is 0 Å². The Morgan fingerprint density at radius 3 is 2.82 bits per heavy atom. The molecule has 2 N–H and O–H groups in total. The quantitative estimate of drug-likeness (QED) is 0.843. The van der Waals surface area contributed by atoms with E-state index in [4.69, 9.17) is 15.2 Å². The average Bonchev–Trinajstić information content (AvgIpc) is 2.68. The van der Waals surface area contributed by atoms with Crippen molar-refractivity contribution in [3.63, 3.8) is 0 Å². The first-order valence-corrected chi connectivity index (χ1v) is 7.08. The van der Waals surface area contributed by atoms with Crippen molar-refractivity contribution >= 4 is 11.8 Å². The van der Waals surface area contributed by atoms with Gasteiger partial charge in [-0.2, -0.15) is 4.98 Å². The molecule has 8 heteroatoms. The Hall–Kier alpha value is -1.96. The zero-order valence-electron chi connectivity index (χ0n) is 13.0. The highest BCUT2D eigenvalue weighted by Gasteiger charge is 2.51. The van der Waals surface area contributed by atoms with Gasteiger partial charge in [0.05, 0.1) is 11.8 Å². The second kappa shape index (κ2) is 5.68. The molecular weight excluding hydrogens is 293 g/mol. The summed E-state index contributed by atoms with van der Waals surface area (Å²) in [4.78, 5) is 26.8. The van der Waals surface area contributed by atoms with Crippen LogP contribution in [0.1, 0.15) is 40.3 Å². The summed E-state index contributed by atoms with van der Waals surface area (Å²) in [5.41, 5.74) is 3.92. The minimum Gasteiger partial charge on any atom is -0.457 e. The predicted molar refractivity (Wildman–Crippen MR) is 76.4 cm³/mol. The molecule has 2 heterocycles. The number of carbonyl (C=O) groups is 1. The number of halogens is 1. The highest BCUT2D eigenvalue weighted by atomic mass is 19.1. The molecule has 0 unspecified atom stereocenters. The normalized spacial score (nSPS) is 31.2. The molecule has 22 heavy (non-hydrogen) atoms. The van der Waals surface area contributed by atoms with Gasteiger partial charge in [0.15, 0.2) is 24.0 Å². The van der Waals surface area contributed by atoms with Crippen LogP contribution in [-0.2, 0) is 14.3 Å². The van der Waals surface area contributed by atoms with E-state index >= 15 is 0 Å². The second-order valence-corrected chi connectivity index (χ2v) is 5.70. The van der Waals surface area contributed by atoms with Crippen LogP contribution in [0.25, 0.3) is 0 Å². The summed E-state index contributed by atoms with van der Waals surface area (Å²) >= 11 is 0. The third-order valence-corrected chi connectivity index (χ3v) is 4.34. The van der Waals surface area contributed by atoms with Crippen molar-refractivity contribution in [3.8, 4) is 0 Å². The van der Waals surface area contributed by atoms with E-state index < -0.39 is 41.2 Å². The Bertz CT molecular complexity index is 647. The van der Waals surface area contributed by atoms with Gasteiger partial charge in [0, 0.05) is 12.8 Å². The average molecular weight is 313 g/mol. The maximum Gasteiger partial charge on any atom is 0.351 e. The Labute approximate surface area is 127 Å². The molecular formula is C14H20FN3O4. The Morgan fingerprint density at radius 1 is 1.64 bits per heavy atom. The molecule has 0 spiro atoms. The number of esters is 1. The summed E-state index contributed by atoms with van der Waals surface area (Å²) in [5.74, 6) is -1.99. The fourth-order valence-electron chi connectivity index (χ4n) is 2.66. The molecule has 1 aliphatic rings. The summed E-state index contributed by atoms with van der Waals surface area (Å²) in [6, 6.07) is 0.